The molecule has 1 aliphatic rings. The summed E-state index contributed by atoms with van der Waals surface area (Å²) in [5.74, 6) is -0.0461. The van der Waals surface area contributed by atoms with Crippen molar-refractivity contribution in [2.75, 3.05) is 57.9 Å². The van der Waals surface area contributed by atoms with Gasteiger partial charge < -0.3 is 19.7 Å². The van der Waals surface area contributed by atoms with E-state index in [1.807, 2.05) is 24.0 Å². The molecule has 1 fully saturated rings. The van der Waals surface area contributed by atoms with Crippen LogP contribution in [0.4, 0.5) is 10.1 Å². The fourth-order valence-electron chi connectivity index (χ4n) is 3.34. The van der Waals surface area contributed by atoms with Gasteiger partial charge in [0.05, 0.1) is 18.7 Å². The largest absolute Gasteiger partial charge is 0.490 e. The van der Waals surface area contributed by atoms with E-state index < -0.39 is 0 Å². The van der Waals surface area contributed by atoms with Gasteiger partial charge >= 0.3 is 0 Å². The van der Waals surface area contributed by atoms with Crippen LogP contribution < -0.4 is 10.1 Å². The number of amides is 2. The third-order valence-electron chi connectivity index (χ3n) is 4.96. The number of rotatable bonds is 9. The van der Waals surface area contributed by atoms with E-state index >= 15 is 0 Å². The van der Waals surface area contributed by atoms with E-state index in [1.54, 1.807) is 17.0 Å². The second-order valence-corrected chi connectivity index (χ2v) is 7.16. The Morgan fingerprint density at radius 2 is 1.71 bits per heavy atom. The molecule has 7 nitrogen and oxygen atoms in total. The highest BCUT2D eigenvalue weighted by Gasteiger charge is 2.25. The topological polar surface area (TPSA) is 71.1 Å². The Bertz CT molecular complexity index is 867. The van der Waals surface area contributed by atoms with E-state index in [4.69, 9.17) is 9.47 Å². The van der Waals surface area contributed by atoms with Gasteiger partial charge in [-0.1, -0.05) is 12.1 Å². The first-order valence-corrected chi connectivity index (χ1v) is 10.4. The lowest BCUT2D eigenvalue weighted by molar-refractivity contribution is -0.117. The van der Waals surface area contributed by atoms with Gasteiger partial charge in [-0.2, -0.15) is 0 Å². The van der Waals surface area contributed by atoms with Crippen LogP contribution in [0.3, 0.4) is 0 Å². The minimum atomic E-state index is -0.347. The number of hydrogen-bond acceptors (Lipinski definition) is 5. The van der Waals surface area contributed by atoms with Gasteiger partial charge in [-0.05, 0) is 43.3 Å². The Balaban J connectivity index is 1.48. The second kappa shape index (κ2) is 11.4. The third kappa shape index (κ3) is 6.77. The van der Waals surface area contributed by atoms with Crippen LogP contribution in [0.1, 0.15) is 17.3 Å². The van der Waals surface area contributed by atoms with Crippen LogP contribution in [0.25, 0.3) is 0 Å². The molecule has 2 amide bonds. The normalized spacial score (nSPS) is 14.3. The van der Waals surface area contributed by atoms with Gasteiger partial charge in [0.1, 0.15) is 18.2 Å². The Hall–Kier alpha value is -2.97. The van der Waals surface area contributed by atoms with Crippen molar-refractivity contribution in [3.8, 4) is 5.75 Å². The predicted molar refractivity (Wildman–Crippen MR) is 116 cm³/mol. The van der Waals surface area contributed by atoms with E-state index in [0.29, 0.717) is 63.0 Å². The quantitative estimate of drug-likeness (QED) is 0.621. The standard InChI is InChI=1S/C23H28FN3O4/c1-2-30-15-16-31-21-6-4-3-5-20(21)23(29)27-13-11-26(12-14-27)17-22(28)25-19-9-7-18(24)8-10-19/h3-10H,2,11-17H2,1H3,(H,25,28). The molecule has 0 bridgehead atoms. The molecule has 1 aliphatic heterocycles. The van der Waals surface area contributed by atoms with Gasteiger partial charge in [0.25, 0.3) is 5.91 Å². The number of para-hydroxylation sites is 1. The minimum absolute atomic E-state index is 0.0811. The number of hydrogen-bond donors (Lipinski definition) is 1. The van der Waals surface area contributed by atoms with Gasteiger partial charge in [-0.25, -0.2) is 4.39 Å². The predicted octanol–water partition coefficient (Wildman–Crippen LogP) is 2.64. The van der Waals surface area contributed by atoms with Crippen molar-refractivity contribution >= 4 is 17.5 Å². The van der Waals surface area contributed by atoms with Crippen molar-refractivity contribution in [3.63, 3.8) is 0 Å². The van der Waals surface area contributed by atoms with Crippen LogP contribution in [0, 0.1) is 5.82 Å². The summed E-state index contributed by atoms with van der Waals surface area (Å²) in [5.41, 5.74) is 1.09. The molecule has 2 aromatic rings. The number of halogens is 1. The van der Waals surface area contributed by atoms with Crippen LogP contribution >= 0.6 is 0 Å². The summed E-state index contributed by atoms with van der Waals surface area (Å²) < 4.78 is 24.0. The average molecular weight is 429 g/mol. The molecule has 0 aromatic heterocycles. The number of nitrogens with zero attached hydrogens (tertiary/aromatic N) is 2. The minimum Gasteiger partial charge on any atom is -0.490 e. The summed E-state index contributed by atoms with van der Waals surface area (Å²) in [7, 11) is 0. The number of benzene rings is 2. The van der Waals surface area contributed by atoms with Crippen LogP contribution in [0.2, 0.25) is 0 Å². The molecule has 1 N–H and O–H groups in total. The fourth-order valence-corrected chi connectivity index (χ4v) is 3.34. The molecule has 0 saturated carbocycles. The highest BCUT2D eigenvalue weighted by Crippen LogP contribution is 2.21. The van der Waals surface area contributed by atoms with E-state index in [0.717, 1.165) is 0 Å². The highest BCUT2D eigenvalue weighted by atomic mass is 19.1. The Morgan fingerprint density at radius 1 is 1.00 bits per heavy atom. The maximum Gasteiger partial charge on any atom is 0.257 e. The lowest BCUT2D eigenvalue weighted by Crippen LogP contribution is -2.50. The summed E-state index contributed by atoms with van der Waals surface area (Å²) >= 11 is 0. The van der Waals surface area contributed by atoms with Crippen molar-refractivity contribution in [3.05, 3.63) is 59.9 Å². The fraction of sp³-hybridized carbons (Fsp3) is 0.391. The second-order valence-electron chi connectivity index (χ2n) is 7.16. The van der Waals surface area contributed by atoms with Gasteiger partial charge in [0.15, 0.2) is 0 Å². The summed E-state index contributed by atoms with van der Waals surface area (Å²) in [6.45, 7) is 5.85. The summed E-state index contributed by atoms with van der Waals surface area (Å²) in [4.78, 5) is 29.0. The van der Waals surface area contributed by atoms with E-state index in [-0.39, 0.29) is 24.2 Å². The maximum atomic E-state index is 13.0. The number of ether oxygens (including phenoxy) is 2. The highest BCUT2D eigenvalue weighted by molar-refractivity contribution is 5.97. The zero-order valence-corrected chi connectivity index (χ0v) is 17.7. The van der Waals surface area contributed by atoms with Crippen molar-refractivity contribution in [2.24, 2.45) is 0 Å². The van der Waals surface area contributed by atoms with Crippen molar-refractivity contribution in [2.45, 2.75) is 6.92 Å². The first kappa shape index (κ1) is 22.7. The molecule has 3 rings (SSSR count). The summed E-state index contributed by atoms with van der Waals surface area (Å²) in [6.07, 6.45) is 0. The molecular formula is C23H28FN3O4. The Morgan fingerprint density at radius 3 is 2.42 bits per heavy atom. The van der Waals surface area contributed by atoms with Crippen LogP contribution in [-0.4, -0.2) is 74.2 Å². The molecule has 0 aliphatic carbocycles. The van der Waals surface area contributed by atoms with Gasteiger partial charge in [0, 0.05) is 38.5 Å². The van der Waals surface area contributed by atoms with Gasteiger partial charge in [-0.15, -0.1) is 0 Å². The molecule has 0 spiro atoms. The number of carbonyl (C=O) groups excluding carboxylic acids is 2. The number of piperazine rings is 1. The molecule has 0 unspecified atom stereocenters. The first-order valence-electron chi connectivity index (χ1n) is 10.4. The molecule has 1 saturated heterocycles. The van der Waals surface area contributed by atoms with Crippen molar-refractivity contribution < 1.29 is 23.5 Å². The smallest absolute Gasteiger partial charge is 0.257 e. The maximum absolute atomic E-state index is 13.0. The molecule has 0 atom stereocenters. The molecule has 166 valence electrons. The molecule has 31 heavy (non-hydrogen) atoms. The Kier molecular flexibility index (Phi) is 8.37. The number of nitrogens with one attached hydrogen (secondary N) is 1. The molecule has 2 aromatic carbocycles. The molecule has 8 heteroatoms. The third-order valence-corrected chi connectivity index (χ3v) is 4.96. The van der Waals surface area contributed by atoms with Gasteiger partial charge in [0.2, 0.25) is 5.91 Å². The SMILES string of the molecule is CCOCCOc1ccccc1C(=O)N1CCN(CC(=O)Nc2ccc(F)cc2)CC1. The van der Waals surface area contributed by atoms with Gasteiger partial charge in [-0.3, -0.25) is 14.5 Å². The zero-order chi connectivity index (χ0) is 22.1. The van der Waals surface area contributed by atoms with E-state index in [9.17, 15) is 14.0 Å². The first-order chi connectivity index (χ1) is 15.1. The summed E-state index contributed by atoms with van der Waals surface area (Å²) in [6, 6.07) is 12.9. The van der Waals surface area contributed by atoms with Crippen LogP contribution in [0.5, 0.6) is 5.75 Å². The molecule has 0 radical (unpaired) electrons. The van der Waals surface area contributed by atoms with Crippen LogP contribution in [0.15, 0.2) is 48.5 Å². The van der Waals surface area contributed by atoms with E-state index in [1.165, 1.54) is 24.3 Å². The monoisotopic (exact) mass is 429 g/mol. The number of anilines is 1. The van der Waals surface area contributed by atoms with Crippen molar-refractivity contribution in [1.82, 2.24) is 9.80 Å². The lowest BCUT2D eigenvalue weighted by atomic mass is 10.1. The molecule has 1 heterocycles. The van der Waals surface area contributed by atoms with Crippen LogP contribution in [-0.2, 0) is 9.53 Å². The van der Waals surface area contributed by atoms with Crippen molar-refractivity contribution in [1.29, 1.82) is 0 Å². The number of carbonyl (C=O) groups is 2. The summed E-state index contributed by atoms with van der Waals surface area (Å²) in [5, 5.41) is 2.76. The Labute approximate surface area is 181 Å². The lowest BCUT2D eigenvalue weighted by Gasteiger charge is -2.34. The average Bonchev–Trinajstić information content (AvgIpc) is 2.78. The zero-order valence-electron chi connectivity index (χ0n) is 17.7. The molecular weight excluding hydrogens is 401 g/mol. The van der Waals surface area contributed by atoms with E-state index in [2.05, 4.69) is 5.32 Å².